The van der Waals surface area contributed by atoms with Crippen LogP contribution in [0, 0.1) is 18.7 Å². The van der Waals surface area contributed by atoms with Crippen LogP contribution in [0.5, 0.6) is 0 Å². The smallest absolute Gasteiger partial charge is 0.369 e. The average molecular weight is 494 g/mol. The van der Waals surface area contributed by atoms with Crippen molar-refractivity contribution in [2.75, 3.05) is 29.9 Å². The van der Waals surface area contributed by atoms with Gasteiger partial charge in [0.05, 0.1) is 18.2 Å². The molecular formula is C24H27F4N5O2. The molecule has 0 spiro atoms. The van der Waals surface area contributed by atoms with Crippen LogP contribution in [0.2, 0.25) is 0 Å². The summed E-state index contributed by atoms with van der Waals surface area (Å²) in [7, 11) is 0. The highest BCUT2D eigenvalue weighted by molar-refractivity contribution is 5.89. The number of hydrogen-bond acceptors (Lipinski definition) is 4. The third-order valence-corrected chi connectivity index (χ3v) is 6.60. The van der Waals surface area contributed by atoms with E-state index in [0.29, 0.717) is 29.2 Å². The molecule has 0 aliphatic carbocycles. The Morgan fingerprint density at radius 2 is 1.80 bits per heavy atom. The van der Waals surface area contributed by atoms with Gasteiger partial charge in [-0.05, 0) is 49.6 Å². The fraction of sp³-hybridized carbons (Fsp3) is 0.417. The lowest BCUT2D eigenvalue weighted by molar-refractivity contribution is -0.179. The molecule has 1 unspecified atom stereocenters. The molecule has 2 saturated heterocycles. The van der Waals surface area contributed by atoms with Gasteiger partial charge in [0.15, 0.2) is 5.82 Å². The summed E-state index contributed by atoms with van der Waals surface area (Å²) in [6, 6.07) is 9.47. The number of halogens is 4. The van der Waals surface area contributed by atoms with Gasteiger partial charge in [-0.25, -0.2) is 9.18 Å². The Balaban J connectivity index is 1.39. The van der Waals surface area contributed by atoms with E-state index in [1.165, 1.54) is 4.90 Å². The minimum Gasteiger partial charge on any atom is -0.369 e. The molecule has 7 nitrogen and oxygen atoms in total. The van der Waals surface area contributed by atoms with Gasteiger partial charge in [-0.1, -0.05) is 12.1 Å². The standard InChI is InChI=1S/C24H27F4N5O2/c1-14-18(6-7-20(21(14)25)32-10-8-16(9-11-32)24(26,27)28)30-17-4-2-15(3-5-17)12-33-13-19(22(29)34)31-23(33)35/h2-7,16,19,30H,8-13H2,1H3,(H2,29,34)(H,31,35). The van der Waals surface area contributed by atoms with Crippen molar-refractivity contribution in [1.29, 1.82) is 0 Å². The zero-order chi connectivity index (χ0) is 25.3. The molecule has 0 aromatic heterocycles. The minimum atomic E-state index is -4.21. The maximum Gasteiger partial charge on any atom is 0.391 e. The fourth-order valence-electron chi connectivity index (χ4n) is 4.45. The first kappa shape index (κ1) is 24.6. The van der Waals surface area contributed by atoms with Crippen LogP contribution in [0.4, 0.5) is 39.4 Å². The summed E-state index contributed by atoms with van der Waals surface area (Å²) >= 11 is 0. The van der Waals surface area contributed by atoms with Crippen molar-refractivity contribution in [3.05, 3.63) is 53.3 Å². The molecule has 35 heavy (non-hydrogen) atoms. The second-order valence-electron chi connectivity index (χ2n) is 8.98. The predicted octanol–water partition coefficient (Wildman–Crippen LogP) is 4.04. The van der Waals surface area contributed by atoms with Crippen LogP contribution < -0.4 is 21.3 Å². The van der Waals surface area contributed by atoms with Crippen molar-refractivity contribution in [2.24, 2.45) is 11.7 Å². The lowest BCUT2D eigenvalue weighted by Gasteiger charge is -2.35. The molecule has 188 valence electrons. The Morgan fingerprint density at radius 1 is 1.14 bits per heavy atom. The molecule has 2 heterocycles. The number of nitrogens with two attached hydrogens (primary N) is 1. The number of benzene rings is 2. The fourth-order valence-corrected chi connectivity index (χ4v) is 4.45. The molecule has 0 saturated carbocycles. The normalized spacial score (nSPS) is 19.1. The first-order valence-electron chi connectivity index (χ1n) is 11.3. The van der Waals surface area contributed by atoms with Crippen LogP contribution in [0.3, 0.4) is 0 Å². The quantitative estimate of drug-likeness (QED) is 0.530. The van der Waals surface area contributed by atoms with Crippen molar-refractivity contribution >= 4 is 29.0 Å². The molecule has 4 N–H and O–H groups in total. The lowest BCUT2D eigenvalue weighted by atomic mass is 9.95. The van der Waals surface area contributed by atoms with Gasteiger partial charge in [-0.15, -0.1) is 0 Å². The molecule has 4 rings (SSSR count). The molecule has 2 aromatic rings. The third-order valence-electron chi connectivity index (χ3n) is 6.60. The number of carbonyl (C=O) groups is 2. The van der Waals surface area contributed by atoms with Gasteiger partial charge in [0.2, 0.25) is 5.91 Å². The molecule has 2 aliphatic heterocycles. The van der Waals surface area contributed by atoms with Crippen LogP contribution >= 0.6 is 0 Å². The van der Waals surface area contributed by atoms with E-state index in [0.717, 1.165) is 5.56 Å². The van der Waals surface area contributed by atoms with Crippen LogP contribution in [-0.4, -0.2) is 48.7 Å². The first-order chi connectivity index (χ1) is 16.5. The number of amides is 3. The van der Waals surface area contributed by atoms with Crippen LogP contribution in [0.25, 0.3) is 0 Å². The summed E-state index contributed by atoms with van der Waals surface area (Å²) in [6.45, 7) is 2.45. The number of primary amides is 1. The van der Waals surface area contributed by atoms with E-state index in [-0.39, 0.29) is 38.5 Å². The number of alkyl halides is 3. The number of urea groups is 1. The van der Waals surface area contributed by atoms with Crippen LogP contribution in [0.15, 0.2) is 36.4 Å². The van der Waals surface area contributed by atoms with Crippen LogP contribution in [0.1, 0.15) is 24.0 Å². The van der Waals surface area contributed by atoms with E-state index in [9.17, 15) is 22.8 Å². The van der Waals surface area contributed by atoms with Gasteiger partial charge in [-0.2, -0.15) is 13.2 Å². The molecule has 3 amide bonds. The first-order valence-corrected chi connectivity index (χ1v) is 11.3. The molecule has 2 aliphatic rings. The Hall–Kier alpha value is -3.50. The maximum atomic E-state index is 15.1. The molecule has 1 atom stereocenters. The van der Waals surface area contributed by atoms with Crippen molar-refractivity contribution in [1.82, 2.24) is 10.2 Å². The van der Waals surface area contributed by atoms with E-state index in [1.807, 2.05) is 12.1 Å². The van der Waals surface area contributed by atoms with Crippen molar-refractivity contribution < 1.29 is 27.2 Å². The number of rotatable bonds is 6. The highest BCUT2D eigenvalue weighted by Crippen LogP contribution is 2.37. The second kappa shape index (κ2) is 9.63. The number of carbonyl (C=O) groups excluding carboxylic acids is 2. The van der Waals surface area contributed by atoms with E-state index < -0.39 is 29.9 Å². The van der Waals surface area contributed by atoms with E-state index in [2.05, 4.69) is 10.6 Å². The maximum absolute atomic E-state index is 15.1. The Labute approximate surface area is 200 Å². The van der Waals surface area contributed by atoms with Crippen LogP contribution in [-0.2, 0) is 11.3 Å². The SMILES string of the molecule is Cc1c(Nc2ccc(CN3CC(C(N)=O)NC3=O)cc2)ccc(N2CCC(C(F)(F)F)CC2)c1F. The Bertz CT molecular complexity index is 1100. The number of nitrogens with one attached hydrogen (secondary N) is 2. The summed E-state index contributed by atoms with van der Waals surface area (Å²) in [6.07, 6.45) is -4.30. The monoisotopic (exact) mass is 493 g/mol. The van der Waals surface area contributed by atoms with Gasteiger partial charge >= 0.3 is 12.2 Å². The zero-order valence-corrected chi connectivity index (χ0v) is 19.2. The summed E-state index contributed by atoms with van der Waals surface area (Å²) in [5.41, 5.74) is 8.02. The predicted molar refractivity (Wildman–Crippen MR) is 124 cm³/mol. The van der Waals surface area contributed by atoms with E-state index in [1.54, 1.807) is 36.1 Å². The highest BCUT2D eigenvalue weighted by Gasteiger charge is 2.41. The third kappa shape index (κ3) is 5.44. The number of anilines is 3. The number of nitrogens with zero attached hydrogens (tertiary/aromatic N) is 2. The van der Waals surface area contributed by atoms with Gasteiger partial charge in [0, 0.05) is 36.6 Å². The summed E-state index contributed by atoms with van der Waals surface area (Å²) in [5.74, 6) is -2.38. The summed E-state index contributed by atoms with van der Waals surface area (Å²) < 4.78 is 53.9. The molecule has 0 radical (unpaired) electrons. The molecule has 0 bridgehead atoms. The Morgan fingerprint density at radius 3 is 2.37 bits per heavy atom. The average Bonchev–Trinajstić information content (AvgIpc) is 3.18. The van der Waals surface area contributed by atoms with E-state index >= 15 is 4.39 Å². The molecule has 2 fully saturated rings. The summed E-state index contributed by atoms with van der Waals surface area (Å²) in [4.78, 5) is 26.4. The summed E-state index contributed by atoms with van der Waals surface area (Å²) in [5, 5.41) is 5.69. The van der Waals surface area contributed by atoms with Gasteiger partial charge < -0.3 is 26.2 Å². The largest absolute Gasteiger partial charge is 0.391 e. The molecule has 2 aromatic carbocycles. The minimum absolute atomic E-state index is 0.0450. The molecule has 11 heteroatoms. The van der Waals surface area contributed by atoms with Crippen molar-refractivity contribution in [3.63, 3.8) is 0 Å². The van der Waals surface area contributed by atoms with Crippen molar-refractivity contribution in [2.45, 2.75) is 38.5 Å². The van der Waals surface area contributed by atoms with E-state index in [4.69, 9.17) is 5.73 Å². The lowest BCUT2D eigenvalue weighted by Crippen LogP contribution is -2.39. The van der Waals surface area contributed by atoms with Gasteiger partial charge in [-0.3, -0.25) is 4.79 Å². The Kier molecular flexibility index (Phi) is 6.77. The van der Waals surface area contributed by atoms with Gasteiger partial charge in [0.1, 0.15) is 6.04 Å². The number of piperidine rings is 1. The topological polar surface area (TPSA) is 90.7 Å². The highest BCUT2D eigenvalue weighted by atomic mass is 19.4. The van der Waals surface area contributed by atoms with Gasteiger partial charge in [0.25, 0.3) is 0 Å². The van der Waals surface area contributed by atoms with Crippen molar-refractivity contribution in [3.8, 4) is 0 Å². The molecular weight excluding hydrogens is 466 g/mol. The second-order valence-corrected chi connectivity index (χ2v) is 8.98. The number of hydrogen-bond donors (Lipinski definition) is 3. The zero-order valence-electron chi connectivity index (χ0n) is 19.2.